The highest BCUT2D eigenvalue weighted by molar-refractivity contribution is 14.1. The molecule has 4 aromatic carbocycles. The molecule has 0 nitrogen and oxygen atoms in total. The predicted octanol–water partition coefficient (Wildman–Crippen LogP) is 6.78. The number of fused-ring (bicyclic) bond motifs is 1. The highest BCUT2D eigenvalue weighted by Crippen LogP contribution is 2.32. The minimum atomic E-state index is 1.26. The monoisotopic (exact) mass is 406 g/mol. The third-order valence-electron chi connectivity index (χ3n) is 4.14. The maximum atomic E-state index is 2.34. The molecule has 0 saturated heterocycles. The van der Waals surface area contributed by atoms with Crippen LogP contribution in [-0.4, -0.2) is 0 Å². The highest BCUT2D eigenvalue weighted by atomic mass is 127. The van der Waals surface area contributed by atoms with Crippen molar-refractivity contribution in [2.75, 3.05) is 0 Å². The number of hydrogen-bond acceptors (Lipinski definition) is 0. The van der Waals surface area contributed by atoms with E-state index in [0.29, 0.717) is 0 Å². The SMILES string of the molecule is Ic1ccc(-c2ccc3cccc(-c4ccccc4)c3c2)cc1. The molecule has 0 spiro atoms. The van der Waals surface area contributed by atoms with Crippen LogP contribution in [0.25, 0.3) is 33.0 Å². The molecule has 110 valence electrons. The predicted molar refractivity (Wildman–Crippen MR) is 108 cm³/mol. The molecule has 0 amide bonds. The molecule has 4 rings (SSSR count). The van der Waals surface area contributed by atoms with Crippen LogP contribution in [-0.2, 0) is 0 Å². The first kappa shape index (κ1) is 14.5. The summed E-state index contributed by atoms with van der Waals surface area (Å²) in [5.74, 6) is 0. The molecule has 1 heteroatoms. The van der Waals surface area contributed by atoms with E-state index >= 15 is 0 Å². The molecule has 0 heterocycles. The van der Waals surface area contributed by atoms with Crippen molar-refractivity contribution in [2.24, 2.45) is 0 Å². The highest BCUT2D eigenvalue weighted by Gasteiger charge is 2.05. The Bertz CT molecular complexity index is 954. The van der Waals surface area contributed by atoms with Gasteiger partial charge in [0.1, 0.15) is 0 Å². The van der Waals surface area contributed by atoms with Crippen LogP contribution >= 0.6 is 22.6 Å². The Hall–Kier alpha value is -2.13. The fourth-order valence-electron chi connectivity index (χ4n) is 2.96. The lowest BCUT2D eigenvalue weighted by atomic mass is 9.95. The van der Waals surface area contributed by atoms with Gasteiger partial charge in [-0.1, -0.05) is 72.8 Å². The lowest BCUT2D eigenvalue weighted by Gasteiger charge is -2.09. The van der Waals surface area contributed by atoms with Crippen LogP contribution in [0, 0.1) is 3.57 Å². The van der Waals surface area contributed by atoms with E-state index < -0.39 is 0 Å². The van der Waals surface area contributed by atoms with Gasteiger partial charge in [0.05, 0.1) is 0 Å². The fourth-order valence-corrected chi connectivity index (χ4v) is 3.32. The average Bonchev–Trinajstić information content (AvgIpc) is 2.62. The van der Waals surface area contributed by atoms with E-state index in [4.69, 9.17) is 0 Å². The third kappa shape index (κ3) is 2.89. The fraction of sp³-hybridized carbons (Fsp3) is 0. The van der Waals surface area contributed by atoms with Crippen LogP contribution in [0.2, 0.25) is 0 Å². The van der Waals surface area contributed by atoms with E-state index in [-0.39, 0.29) is 0 Å². The van der Waals surface area contributed by atoms with Crippen molar-refractivity contribution in [2.45, 2.75) is 0 Å². The first-order valence-corrected chi connectivity index (χ1v) is 8.73. The molecule has 0 saturated carbocycles. The summed E-state index contributed by atoms with van der Waals surface area (Å²) >= 11 is 2.34. The van der Waals surface area contributed by atoms with Crippen LogP contribution < -0.4 is 0 Å². The molecule has 0 aromatic heterocycles. The summed E-state index contributed by atoms with van der Waals surface area (Å²) in [6, 6.07) is 32.5. The third-order valence-corrected chi connectivity index (χ3v) is 4.86. The Morgan fingerprint density at radius 3 is 2.04 bits per heavy atom. The second-order valence-corrected chi connectivity index (χ2v) is 6.86. The van der Waals surface area contributed by atoms with Crippen molar-refractivity contribution in [1.29, 1.82) is 0 Å². The van der Waals surface area contributed by atoms with Gasteiger partial charge in [-0.05, 0) is 73.8 Å². The van der Waals surface area contributed by atoms with Crippen LogP contribution in [0.1, 0.15) is 0 Å². The zero-order chi connectivity index (χ0) is 15.6. The van der Waals surface area contributed by atoms with E-state index in [1.54, 1.807) is 0 Å². The van der Waals surface area contributed by atoms with E-state index in [2.05, 4.69) is 114 Å². The molecule has 0 aliphatic rings. The summed E-state index contributed by atoms with van der Waals surface area (Å²) in [6.45, 7) is 0. The summed E-state index contributed by atoms with van der Waals surface area (Å²) in [5, 5.41) is 2.58. The molecule has 0 unspecified atom stereocenters. The molecule has 0 bridgehead atoms. The summed E-state index contributed by atoms with van der Waals surface area (Å²) in [5.41, 5.74) is 5.07. The molecule has 0 atom stereocenters. The summed E-state index contributed by atoms with van der Waals surface area (Å²) in [4.78, 5) is 0. The molecule has 23 heavy (non-hydrogen) atoms. The maximum absolute atomic E-state index is 2.34. The molecular weight excluding hydrogens is 391 g/mol. The van der Waals surface area contributed by atoms with Gasteiger partial charge in [0.15, 0.2) is 0 Å². The topological polar surface area (TPSA) is 0 Å². The van der Waals surface area contributed by atoms with Crippen molar-refractivity contribution in [3.63, 3.8) is 0 Å². The Morgan fingerprint density at radius 2 is 1.26 bits per heavy atom. The smallest absolute Gasteiger partial charge is 0.0130 e. The lowest BCUT2D eigenvalue weighted by molar-refractivity contribution is 1.60. The first-order chi connectivity index (χ1) is 11.3. The Kier molecular flexibility index (Phi) is 3.88. The standard InChI is InChI=1S/C22H15I/c23-20-13-11-16(12-14-20)19-10-9-18-7-4-8-21(22(18)15-19)17-5-2-1-3-6-17/h1-15H. The molecule has 0 aliphatic carbocycles. The summed E-state index contributed by atoms with van der Waals surface area (Å²) < 4.78 is 1.26. The largest absolute Gasteiger partial charge is 0.0622 e. The van der Waals surface area contributed by atoms with Gasteiger partial charge in [0, 0.05) is 3.57 Å². The Balaban J connectivity index is 1.92. The average molecular weight is 406 g/mol. The lowest BCUT2D eigenvalue weighted by Crippen LogP contribution is -1.84. The van der Waals surface area contributed by atoms with Gasteiger partial charge in [0.25, 0.3) is 0 Å². The van der Waals surface area contributed by atoms with Gasteiger partial charge in [-0.25, -0.2) is 0 Å². The number of halogens is 1. The van der Waals surface area contributed by atoms with Crippen LogP contribution in [0.3, 0.4) is 0 Å². The van der Waals surface area contributed by atoms with E-state index in [9.17, 15) is 0 Å². The van der Waals surface area contributed by atoms with Crippen molar-refractivity contribution in [1.82, 2.24) is 0 Å². The van der Waals surface area contributed by atoms with Gasteiger partial charge >= 0.3 is 0 Å². The van der Waals surface area contributed by atoms with Gasteiger partial charge < -0.3 is 0 Å². The number of hydrogen-bond donors (Lipinski definition) is 0. The molecular formula is C22H15I. The Labute approximate surface area is 149 Å². The molecule has 0 fully saturated rings. The zero-order valence-corrected chi connectivity index (χ0v) is 14.7. The molecule has 0 aliphatic heterocycles. The Morgan fingerprint density at radius 1 is 0.522 bits per heavy atom. The number of benzene rings is 4. The molecule has 0 N–H and O–H groups in total. The summed E-state index contributed by atoms with van der Waals surface area (Å²) in [7, 11) is 0. The van der Waals surface area contributed by atoms with Gasteiger partial charge in [-0.15, -0.1) is 0 Å². The second-order valence-electron chi connectivity index (χ2n) is 5.61. The summed E-state index contributed by atoms with van der Waals surface area (Å²) in [6.07, 6.45) is 0. The minimum Gasteiger partial charge on any atom is -0.0622 e. The quantitative estimate of drug-likeness (QED) is 0.322. The first-order valence-electron chi connectivity index (χ1n) is 7.65. The van der Waals surface area contributed by atoms with Crippen molar-refractivity contribution in [3.05, 3.63) is 94.6 Å². The maximum Gasteiger partial charge on any atom is 0.0130 e. The minimum absolute atomic E-state index is 1.26. The van der Waals surface area contributed by atoms with Crippen LogP contribution in [0.5, 0.6) is 0 Å². The van der Waals surface area contributed by atoms with E-state index in [1.165, 1.54) is 36.6 Å². The van der Waals surface area contributed by atoms with Crippen molar-refractivity contribution in [3.8, 4) is 22.3 Å². The normalized spacial score (nSPS) is 10.8. The molecule has 4 aromatic rings. The van der Waals surface area contributed by atoms with Crippen LogP contribution in [0.4, 0.5) is 0 Å². The zero-order valence-electron chi connectivity index (χ0n) is 12.5. The van der Waals surface area contributed by atoms with Crippen molar-refractivity contribution >= 4 is 33.4 Å². The van der Waals surface area contributed by atoms with Crippen LogP contribution in [0.15, 0.2) is 91.0 Å². The van der Waals surface area contributed by atoms with E-state index in [0.717, 1.165) is 0 Å². The second kappa shape index (κ2) is 6.17. The number of rotatable bonds is 2. The van der Waals surface area contributed by atoms with Gasteiger partial charge in [-0.2, -0.15) is 0 Å². The van der Waals surface area contributed by atoms with Gasteiger partial charge in [-0.3, -0.25) is 0 Å². The van der Waals surface area contributed by atoms with Crippen molar-refractivity contribution < 1.29 is 0 Å². The van der Waals surface area contributed by atoms with E-state index in [1.807, 2.05) is 0 Å². The molecule has 0 radical (unpaired) electrons. The van der Waals surface area contributed by atoms with Gasteiger partial charge in [0.2, 0.25) is 0 Å².